The third-order valence-electron chi connectivity index (χ3n) is 16.5. The Bertz CT molecular complexity index is 1200. The largest absolute Gasteiger partial charge is 0.466 e. The van der Waals surface area contributed by atoms with Gasteiger partial charge in [-0.15, -0.1) is 0 Å². The Hall–Kier alpha value is -1.66. The Morgan fingerprint density at radius 1 is 0.351 bits per heavy atom. The fourth-order valence-corrected chi connectivity index (χ4v) is 11.1. The molecular weight excluding hydrogens is 947 g/mol. The Morgan fingerprint density at radius 3 is 0.922 bits per heavy atom. The number of aliphatic hydroxyl groups excluding tert-OH is 2. The molecule has 77 heavy (non-hydrogen) atoms. The topological polar surface area (TPSA) is 95.9 Å². The van der Waals surface area contributed by atoms with Crippen molar-refractivity contribution in [2.24, 2.45) is 0 Å². The molecule has 2 unspecified atom stereocenters. The zero-order valence-corrected chi connectivity index (χ0v) is 52.2. The maximum absolute atomic E-state index is 12.5. The van der Waals surface area contributed by atoms with Crippen LogP contribution >= 0.6 is 0 Å². The van der Waals surface area contributed by atoms with Crippen molar-refractivity contribution < 1.29 is 24.5 Å². The van der Waals surface area contributed by atoms with E-state index in [0.717, 1.165) is 44.9 Å². The van der Waals surface area contributed by atoms with Crippen LogP contribution in [0.25, 0.3) is 0 Å². The van der Waals surface area contributed by atoms with Gasteiger partial charge in [-0.05, 0) is 57.8 Å². The minimum absolute atomic E-state index is 0.00943. The normalized spacial score (nSPS) is 12.6. The summed E-state index contributed by atoms with van der Waals surface area (Å²) in [5, 5.41) is 23.2. The Morgan fingerprint density at radius 2 is 0.610 bits per heavy atom. The number of esters is 1. The van der Waals surface area contributed by atoms with Gasteiger partial charge < -0.3 is 20.3 Å². The molecule has 6 heteroatoms. The van der Waals surface area contributed by atoms with Crippen molar-refractivity contribution >= 4 is 11.9 Å². The highest BCUT2D eigenvalue weighted by atomic mass is 16.5. The number of nitrogens with one attached hydrogen (secondary N) is 1. The van der Waals surface area contributed by atoms with Crippen LogP contribution < -0.4 is 5.32 Å². The number of aliphatic hydroxyl groups is 2. The number of amides is 1. The van der Waals surface area contributed by atoms with Crippen LogP contribution in [0.15, 0.2) is 24.3 Å². The molecule has 2 atom stereocenters. The predicted molar refractivity (Wildman–Crippen MR) is 338 cm³/mol. The van der Waals surface area contributed by atoms with Gasteiger partial charge in [0, 0.05) is 12.8 Å². The Labute approximate surface area is 481 Å². The van der Waals surface area contributed by atoms with E-state index in [4.69, 9.17) is 4.74 Å². The number of unbranched alkanes of at least 4 members (excludes halogenated alkanes) is 53. The van der Waals surface area contributed by atoms with Gasteiger partial charge >= 0.3 is 5.97 Å². The summed E-state index contributed by atoms with van der Waals surface area (Å²) in [5.74, 6) is -0.0555. The summed E-state index contributed by atoms with van der Waals surface area (Å²) in [5.41, 5.74) is 0. The standard InChI is InChI=1S/C71H137NO5/c1-3-5-7-9-11-13-15-17-19-21-23-25-28-31-35-39-43-47-51-55-59-63-69(74)68(67-73)72-70(75)64-60-56-52-48-44-40-36-32-29-26-24-27-30-34-38-42-46-50-54-58-62-66-77-71(76)65-61-57-53-49-45-41-37-33-22-20-18-16-14-12-10-8-6-4-2/h20,22,59,63,68-69,73-74H,3-19,21,23-58,60-62,64-67H2,1-2H3,(H,72,75)/b22-20-,63-59+. The van der Waals surface area contributed by atoms with Crippen LogP contribution in [0.1, 0.15) is 393 Å². The SMILES string of the molecule is CCCCCCCCC/C=C\CCCCCCCCCC(=O)OCCCCCCCCCCCCCCCCCCCCCCCC(=O)NC(CO)C(O)/C=C/CCCCCCCCCCCCCCCCCCCCC. The highest BCUT2D eigenvalue weighted by Crippen LogP contribution is 2.19. The maximum Gasteiger partial charge on any atom is 0.305 e. The lowest BCUT2D eigenvalue weighted by molar-refractivity contribution is -0.143. The number of hydrogen-bond donors (Lipinski definition) is 3. The lowest BCUT2D eigenvalue weighted by Gasteiger charge is -2.20. The molecule has 3 N–H and O–H groups in total. The van der Waals surface area contributed by atoms with Crippen molar-refractivity contribution in [3.8, 4) is 0 Å². The first kappa shape index (κ1) is 75.3. The highest BCUT2D eigenvalue weighted by Gasteiger charge is 2.18. The number of carbonyl (C=O) groups is 2. The Balaban J connectivity index is 3.40. The number of allylic oxidation sites excluding steroid dienone is 3. The number of hydrogen-bond acceptors (Lipinski definition) is 5. The van der Waals surface area contributed by atoms with E-state index >= 15 is 0 Å². The second kappa shape index (κ2) is 66.8. The molecule has 0 aliphatic rings. The molecule has 0 bridgehead atoms. The van der Waals surface area contributed by atoms with Crippen molar-refractivity contribution in [3.05, 3.63) is 24.3 Å². The summed E-state index contributed by atoms with van der Waals surface area (Å²) >= 11 is 0. The lowest BCUT2D eigenvalue weighted by Crippen LogP contribution is -2.45. The molecule has 0 heterocycles. The van der Waals surface area contributed by atoms with E-state index in [1.807, 2.05) is 6.08 Å². The molecule has 0 aromatic heterocycles. The molecule has 0 saturated heterocycles. The molecule has 0 rings (SSSR count). The van der Waals surface area contributed by atoms with Crippen molar-refractivity contribution in [3.63, 3.8) is 0 Å². The van der Waals surface area contributed by atoms with Gasteiger partial charge in [-0.2, -0.15) is 0 Å². The van der Waals surface area contributed by atoms with Gasteiger partial charge in [-0.25, -0.2) is 0 Å². The number of carbonyl (C=O) groups excluding carboxylic acids is 2. The van der Waals surface area contributed by atoms with Gasteiger partial charge in [0.05, 0.1) is 25.4 Å². The second-order valence-corrected chi connectivity index (χ2v) is 24.2. The van der Waals surface area contributed by atoms with E-state index in [1.165, 1.54) is 321 Å². The molecule has 0 aliphatic heterocycles. The summed E-state index contributed by atoms with van der Waals surface area (Å²) in [6.45, 7) is 4.94. The van der Waals surface area contributed by atoms with Crippen LogP contribution in [0.3, 0.4) is 0 Å². The predicted octanol–water partition coefficient (Wildman–Crippen LogP) is 22.5. The first-order valence-electron chi connectivity index (χ1n) is 35.1. The average molecular weight is 1080 g/mol. The smallest absolute Gasteiger partial charge is 0.305 e. The molecule has 0 fully saturated rings. The Kier molecular flexibility index (Phi) is 65.4. The molecule has 6 nitrogen and oxygen atoms in total. The molecule has 1 amide bonds. The zero-order valence-electron chi connectivity index (χ0n) is 52.2. The first-order chi connectivity index (χ1) is 38.0. The monoisotopic (exact) mass is 1080 g/mol. The van der Waals surface area contributed by atoms with Gasteiger partial charge in [-0.3, -0.25) is 9.59 Å². The van der Waals surface area contributed by atoms with E-state index in [2.05, 4.69) is 31.3 Å². The van der Waals surface area contributed by atoms with Crippen LogP contribution in [0, 0.1) is 0 Å². The summed E-state index contributed by atoms with van der Waals surface area (Å²) in [4.78, 5) is 24.6. The van der Waals surface area contributed by atoms with Crippen molar-refractivity contribution in [1.29, 1.82) is 0 Å². The summed E-state index contributed by atoms with van der Waals surface area (Å²) < 4.78 is 5.50. The second-order valence-electron chi connectivity index (χ2n) is 24.2. The molecule has 0 aromatic rings. The van der Waals surface area contributed by atoms with Crippen LogP contribution in [0.2, 0.25) is 0 Å². The minimum Gasteiger partial charge on any atom is -0.466 e. The van der Waals surface area contributed by atoms with Crippen molar-refractivity contribution in [2.75, 3.05) is 13.2 Å². The molecule has 456 valence electrons. The van der Waals surface area contributed by atoms with Crippen LogP contribution in [-0.4, -0.2) is 47.4 Å². The molecule has 0 aromatic carbocycles. The average Bonchev–Trinajstić information content (AvgIpc) is 3.43. The molecular formula is C71H137NO5. The van der Waals surface area contributed by atoms with E-state index in [1.54, 1.807) is 6.08 Å². The van der Waals surface area contributed by atoms with Gasteiger partial charge in [0.2, 0.25) is 5.91 Å². The van der Waals surface area contributed by atoms with E-state index in [0.29, 0.717) is 19.4 Å². The zero-order chi connectivity index (χ0) is 55.7. The summed E-state index contributed by atoms with van der Waals surface area (Å²) in [7, 11) is 0. The number of ether oxygens (including phenoxy) is 1. The minimum atomic E-state index is -0.846. The van der Waals surface area contributed by atoms with Crippen molar-refractivity contribution in [1.82, 2.24) is 5.32 Å². The maximum atomic E-state index is 12.5. The van der Waals surface area contributed by atoms with Crippen LogP contribution in [-0.2, 0) is 14.3 Å². The van der Waals surface area contributed by atoms with E-state index < -0.39 is 12.1 Å². The van der Waals surface area contributed by atoms with Gasteiger partial charge in [0.25, 0.3) is 0 Å². The third-order valence-corrected chi connectivity index (χ3v) is 16.5. The summed E-state index contributed by atoms with van der Waals surface area (Å²) in [6, 6.07) is -0.630. The van der Waals surface area contributed by atoms with E-state index in [9.17, 15) is 19.8 Å². The van der Waals surface area contributed by atoms with Gasteiger partial charge in [0.15, 0.2) is 0 Å². The highest BCUT2D eigenvalue weighted by molar-refractivity contribution is 5.76. The third kappa shape index (κ3) is 63.4. The quantitative estimate of drug-likeness (QED) is 0.0320. The first-order valence-corrected chi connectivity index (χ1v) is 35.1. The van der Waals surface area contributed by atoms with Crippen LogP contribution in [0.5, 0.6) is 0 Å². The summed E-state index contributed by atoms with van der Waals surface area (Å²) in [6.07, 6.45) is 83.9. The molecule has 0 saturated carbocycles. The van der Waals surface area contributed by atoms with Crippen LogP contribution in [0.4, 0.5) is 0 Å². The van der Waals surface area contributed by atoms with Gasteiger partial charge in [-0.1, -0.05) is 346 Å². The van der Waals surface area contributed by atoms with Crippen molar-refractivity contribution in [2.45, 2.75) is 405 Å². The fourth-order valence-electron chi connectivity index (χ4n) is 11.1. The number of rotatable bonds is 66. The molecule has 0 radical (unpaired) electrons. The van der Waals surface area contributed by atoms with E-state index in [-0.39, 0.29) is 18.5 Å². The van der Waals surface area contributed by atoms with Gasteiger partial charge in [0.1, 0.15) is 0 Å². The fraction of sp³-hybridized carbons (Fsp3) is 0.915. The molecule has 0 spiro atoms. The lowest BCUT2D eigenvalue weighted by atomic mass is 10.0. The molecule has 0 aliphatic carbocycles.